The van der Waals surface area contributed by atoms with E-state index in [1.165, 1.54) is 10.1 Å². The first-order valence-electron chi connectivity index (χ1n) is 8.70. The maximum absolute atomic E-state index is 12.5. The smallest absolute Gasteiger partial charge is 0.291 e. The van der Waals surface area contributed by atoms with Crippen molar-refractivity contribution < 1.29 is 4.79 Å². The summed E-state index contributed by atoms with van der Waals surface area (Å²) in [7, 11) is 0. The minimum Gasteiger partial charge on any atom is -0.342 e. The van der Waals surface area contributed by atoms with E-state index >= 15 is 0 Å². The maximum atomic E-state index is 12.5. The Morgan fingerprint density at radius 3 is 2.52 bits per heavy atom. The van der Waals surface area contributed by atoms with Crippen molar-refractivity contribution >= 4 is 11.7 Å². The molecule has 0 saturated heterocycles. The van der Waals surface area contributed by atoms with E-state index in [1.54, 1.807) is 18.5 Å². The molecule has 6 nitrogen and oxygen atoms in total. The van der Waals surface area contributed by atoms with Crippen molar-refractivity contribution in [1.29, 1.82) is 0 Å². The van der Waals surface area contributed by atoms with Gasteiger partial charge in [-0.25, -0.2) is 9.50 Å². The van der Waals surface area contributed by atoms with Crippen molar-refractivity contribution in [2.75, 3.05) is 0 Å². The highest BCUT2D eigenvalue weighted by molar-refractivity contribution is 5.91. The first kappa shape index (κ1) is 17.1. The summed E-state index contributed by atoms with van der Waals surface area (Å²) in [5, 5.41) is 7.19. The molecule has 0 saturated carbocycles. The number of carbonyl (C=O) groups is 1. The zero-order valence-corrected chi connectivity index (χ0v) is 14.8. The molecule has 0 aliphatic heterocycles. The first-order chi connectivity index (χ1) is 12.1. The highest BCUT2D eigenvalue weighted by atomic mass is 16.2. The number of nitrogens with one attached hydrogen (secondary N) is 1. The van der Waals surface area contributed by atoms with Gasteiger partial charge in [0.25, 0.3) is 11.7 Å². The maximum Gasteiger partial charge on any atom is 0.291 e. The minimum atomic E-state index is -0.289. The van der Waals surface area contributed by atoms with Gasteiger partial charge in [-0.15, -0.1) is 5.10 Å². The number of hydrogen-bond acceptors (Lipinski definition) is 4. The van der Waals surface area contributed by atoms with E-state index in [2.05, 4.69) is 58.5 Å². The lowest BCUT2D eigenvalue weighted by Gasteiger charge is -2.18. The van der Waals surface area contributed by atoms with Crippen LogP contribution >= 0.6 is 0 Å². The van der Waals surface area contributed by atoms with Crippen LogP contribution in [0.25, 0.3) is 5.78 Å². The lowest BCUT2D eigenvalue weighted by atomic mass is 9.95. The van der Waals surface area contributed by atoms with Crippen molar-refractivity contribution in [2.24, 2.45) is 0 Å². The predicted octanol–water partition coefficient (Wildman–Crippen LogP) is 3.52. The van der Waals surface area contributed by atoms with Gasteiger partial charge in [-0.2, -0.15) is 4.98 Å². The molecule has 1 N–H and O–H groups in total. The molecule has 0 unspecified atom stereocenters. The highest BCUT2D eigenvalue weighted by Crippen LogP contribution is 2.23. The average Bonchev–Trinajstić information content (AvgIpc) is 3.10. The van der Waals surface area contributed by atoms with Crippen molar-refractivity contribution in [3.8, 4) is 0 Å². The van der Waals surface area contributed by atoms with Crippen LogP contribution in [-0.2, 0) is 0 Å². The van der Waals surface area contributed by atoms with E-state index in [-0.39, 0.29) is 17.8 Å². The predicted molar refractivity (Wildman–Crippen MR) is 96.4 cm³/mol. The number of rotatable bonds is 6. The second-order valence-electron chi connectivity index (χ2n) is 6.21. The lowest BCUT2D eigenvalue weighted by molar-refractivity contribution is 0.0925. The van der Waals surface area contributed by atoms with Gasteiger partial charge < -0.3 is 5.32 Å². The Morgan fingerprint density at radius 2 is 1.88 bits per heavy atom. The number of carbonyl (C=O) groups excluding carboxylic acids is 1. The van der Waals surface area contributed by atoms with Crippen molar-refractivity contribution in [3.63, 3.8) is 0 Å². The Kier molecular flexibility index (Phi) is 5.07. The van der Waals surface area contributed by atoms with Crippen LogP contribution in [0.4, 0.5) is 0 Å². The van der Waals surface area contributed by atoms with Crippen LogP contribution in [0, 0.1) is 0 Å². The van der Waals surface area contributed by atoms with Crippen LogP contribution in [0.5, 0.6) is 0 Å². The molecule has 0 fully saturated rings. The van der Waals surface area contributed by atoms with Crippen molar-refractivity contribution in [3.05, 3.63) is 59.7 Å². The molecule has 6 heteroatoms. The Bertz CT molecular complexity index is 823. The minimum absolute atomic E-state index is 0.0712. The zero-order chi connectivity index (χ0) is 17.8. The summed E-state index contributed by atoms with van der Waals surface area (Å²) in [5.41, 5.74) is 2.41. The fourth-order valence-electron chi connectivity index (χ4n) is 2.77. The van der Waals surface area contributed by atoms with E-state index in [0.717, 1.165) is 18.4 Å². The summed E-state index contributed by atoms with van der Waals surface area (Å²) in [6, 6.07) is 10.1. The summed E-state index contributed by atoms with van der Waals surface area (Å²) < 4.78 is 1.50. The molecule has 0 spiro atoms. The van der Waals surface area contributed by atoms with Crippen LogP contribution in [0.3, 0.4) is 0 Å². The van der Waals surface area contributed by atoms with Gasteiger partial charge >= 0.3 is 0 Å². The third-order valence-corrected chi connectivity index (χ3v) is 4.55. The summed E-state index contributed by atoms with van der Waals surface area (Å²) >= 11 is 0. The molecular weight excluding hydrogens is 314 g/mol. The second-order valence-corrected chi connectivity index (χ2v) is 6.21. The molecule has 1 amide bonds. The van der Waals surface area contributed by atoms with Gasteiger partial charge in [0.05, 0.1) is 6.04 Å². The standard InChI is InChI=1S/C19H23N5O/c1-4-13(3)14-7-9-15(10-8-14)16(5-2)21-18(25)17-22-19-20-11-6-12-24(19)23-17/h6-13,16H,4-5H2,1-3H3,(H,21,25)/t13-,16-/m1/s1. The van der Waals surface area contributed by atoms with Crippen LogP contribution in [-0.4, -0.2) is 25.5 Å². The molecule has 3 rings (SSSR count). The Morgan fingerprint density at radius 1 is 1.16 bits per heavy atom. The van der Waals surface area contributed by atoms with Gasteiger partial charge in [0.2, 0.25) is 5.82 Å². The third-order valence-electron chi connectivity index (χ3n) is 4.55. The monoisotopic (exact) mass is 337 g/mol. The van der Waals surface area contributed by atoms with Crippen LogP contribution in [0.2, 0.25) is 0 Å². The normalized spacial score (nSPS) is 13.6. The fourth-order valence-corrected chi connectivity index (χ4v) is 2.77. The largest absolute Gasteiger partial charge is 0.342 e. The number of fused-ring (bicyclic) bond motifs is 1. The molecule has 2 heterocycles. The molecule has 3 aromatic rings. The van der Waals surface area contributed by atoms with Gasteiger partial charge in [0, 0.05) is 12.4 Å². The third kappa shape index (κ3) is 3.68. The molecule has 2 aromatic heterocycles. The number of nitrogens with zero attached hydrogens (tertiary/aromatic N) is 4. The first-order valence-corrected chi connectivity index (χ1v) is 8.70. The molecular formula is C19H23N5O. The Balaban J connectivity index is 1.75. The van der Waals surface area contributed by atoms with Crippen molar-refractivity contribution in [2.45, 2.75) is 45.6 Å². The van der Waals surface area contributed by atoms with E-state index in [9.17, 15) is 4.79 Å². The molecule has 25 heavy (non-hydrogen) atoms. The average molecular weight is 337 g/mol. The molecule has 130 valence electrons. The SMILES string of the molecule is CC[C@@H](C)c1ccc([C@@H](CC)NC(=O)c2nc3ncccn3n2)cc1. The van der Waals surface area contributed by atoms with Gasteiger partial charge in [-0.3, -0.25) is 4.79 Å². The van der Waals surface area contributed by atoms with Gasteiger partial charge in [0.15, 0.2) is 0 Å². The Hall–Kier alpha value is -2.76. The Labute approximate surface area is 147 Å². The molecule has 2 atom stereocenters. The van der Waals surface area contributed by atoms with Crippen LogP contribution in [0.1, 0.15) is 67.3 Å². The number of amides is 1. The fraction of sp³-hybridized carbons (Fsp3) is 0.368. The van der Waals surface area contributed by atoms with E-state index in [4.69, 9.17) is 0 Å². The van der Waals surface area contributed by atoms with Gasteiger partial charge in [0.1, 0.15) is 0 Å². The lowest BCUT2D eigenvalue weighted by Crippen LogP contribution is -2.29. The summed E-state index contributed by atoms with van der Waals surface area (Å²) in [6.45, 7) is 6.45. The molecule has 0 radical (unpaired) electrons. The van der Waals surface area contributed by atoms with Gasteiger partial charge in [-0.05, 0) is 36.0 Å². The number of aromatic nitrogens is 4. The number of hydrogen-bond donors (Lipinski definition) is 1. The topological polar surface area (TPSA) is 72.2 Å². The molecule has 0 aliphatic rings. The van der Waals surface area contributed by atoms with Gasteiger partial charge in [-0.1, -0.05) is 45.0 Å². The van der Waals surface area contributed by atoms with E-state index < -0.39 is 0 Å². The summed E-state index contributed by atoms with van der Waals surface area (Å²) in [4.78, 5) is 20.8. The second kappa shape index (κ2) is 7.42. The molecule has 0 aliphatic carbocycles. The summed E-state index contributed by atoms with van der Waals surface area (Å²) in [6.07, 6.45) is 5.25. The zero-order valence-electron chi connectivity index (χ0n) is 14.8. The van der Waals surface area contributed by atoms with E-state index in [0.29, 0.717) is 11.7 Å². The molecule has 1 aromatic carbocycles. The highest BCUT2D eigenvalue weighted by Gasteiger charge is 2.18. The summed E-state index contributed by atoms with van der Waals surface area (Å²) in [5.74, 6) is 0.800. The quantitative estimate of drug-likeness (QED) is 0.747. The van der Waals surface area contributed by atoms with Crippen molar-refractivity contribution in [1.82, 2.24) is 24.9 Å². The van der Waals surface area contributed by atoms with Crippen LogP contribution in [0.15, 0.2) is 42.7 Å². The number of benzene rings is 1. The van der Waals surface area contributed by atoms with E-state index in [1.807, 2.05) is 6.92 Å². The van der Waals surface area contributed by atoms with Crippen LogP contribution < -0.4 is 5.32 Å². The molecule has 0 bridgehead atoms.